The Kier molecular flexibility index (Phi) is 3.47. The smallest absolute Gasteiger partial charge is 0.0215 e. The maximum atomic E-state index is 3.66. The van der Waals surface area contributed by atoms with Crippen molar-refractivity contribution in [3.8, 4) is 0 Å². The van der Waals surface area contributed by atoms with Crippen LogP contribution in [-0.2, 0) is 0 Å². The van der Waals surface area contributed by atoms with Crippen LogP contribution in [0, 0.1) is 22.7 Å². The van der Waals surface area contributed by atoms with Gasteiger partial charge in [0.05, 0.1) is 0 Å². The highest BCUT2D eigenvalue weighted by atomic mass is 14.9. The van der Waals surface area contributed by atoms with E-state index in [9.17, 15) is 0 Å². The lowest BCUT2D eigenvalue weighted by molar-refractivity contribution is 0.277. The van der Waals surface area contributed by atoms with Crippen molar-refractivity contribution in [3.05, 3.63) is 11.3 Å². The van der Waals surface area contributed by atoms with E-state index in [1.54, 1.807) is 5.57 Å². The molecule has 0 radical (unpaired) electrons. The van der Waals surface area contributed by atoms with E-state index >= 15 is 0 Å². The second-order valence-electron chi connectivity index (χ2n) is 7.53. The normalized spacial score (nSPS) is 22.9. The van der Waals surface area contributed by atoms with Crippen molar-refractivity contribution in [2.75, 3.05) is 6.54 Å². The molecular weight excluding hydrogens is 194 g/mol. The molecule has 16 heavy (non-hydrogen) atoms. The zero-order valence-corrected chi connectivity index (χ0v) is 12.4. The van der Waals surface area contributed by atoms with E-state index in [1.165, 1.54) is 5.70 Å². The average molecular weight is 223 g/mol. The summed E-state index contributed by atoms with van der Waals surface area (Å²) in [5.74, 6) is 1.33. The van der Waals surface area contributed by atoms with Crippen molar-refractivity contribution in [3.63, 3.8) is 0 Å². The molecule has 94 valence electrons. The zero-order valence-electron chi connectivity index (χ0n) is 12.4. The minimum atomic E-state index is 0.250. The first kappa shape index (κ1) is 13.6. The minimum absolute atomic E-state index is 0.250. The van der Waals surface area contributed by atoms with Crippen LogP contribution < -0.4 is 5.32 Å². The van der Waals surface area contributed by atoms with E-state index < -0.39 is 0 Å². The molecule has 0 bridgehead atoms. The van der Waals surface area contributed by atoms with Gasteiger partial charge in [0.1, 0.15) is 0 Å². The van der Waals surface area contributed by atoms with E-state index in [0.717, 1.165) is 6.54 Å². The number of hydrogen-bond donors (Lipinski definition) is 1. The van der Waals surface area contributed by atoms with Crippen LogP contribution in [0.1, 0.15) is 55.4 Å². The summed E-state index contributed by atoms with van der Waals surface area (Å²) in [5, 5.41) is 3.66. The van der Waals surface area contributed by atoms with Crippen molar-refractivity contribution in [1.82, 2.24) is 5.32 Å². The van der Waals surface area contributed by atoms with Crippen LogP contribution in [-0.4, -0.2) is 6.54 Å². The van der Waals surface area contributed by atoms with Gasteiger partial charge in [-0.1, -0.05) is 55.4 Å². The van der Waals surface area contributed by atoms with Crippen molar-refractivity contribution >= 4 is 0 Å². The molecule has 1 heterocycles. The van der Waals surface area contributed by atoms with Crippen LogP contribution in [0.25, 0.3) is 0 Å². The summed E-state index contributed by atoms with van der Waals surface area (Å²) in [7, 11) is 0. The fraction of sp³-hybridized carbons (Fsp3) is 0.867. The summed E-state index contributed by atoms with van der Waals surface area (Å²) >= 11 is 0. The third kappa shape index (κ3) is 2.61. The molecule has 1 nitrogen and oxygen atoms in total. The van der Waals surface area contributed by atoms with E-state index in [2.05, 4.69) is 60.7 Å². The molecule has 0 aromatic heterocycles. The van der Waals surface area contributed by atoms with Gasteiger partial charge in [0.25, 0.3) is 0 Å². The summed E-state index contributed by atoms with van der Waals surface area (Å²) in [6, 6.07) is 0. The average Bonchev–Trinajstić information content (AvgIpc) is 2.43. The number of allylic oxidation sites excluding steroid dienone is 1. The Morgan fingerprint density at radius 2 is 1.56 bits per heavy atom. The van der Waals surface area contributed by atoms with Gasteiger partial charge >= 0.3 is 0 Å². The maximum Gasteiger partial charge on any atom is 0.0215 e. The molecule has 1 unspecified atom stereocenters. The first-order valence-electron chi connectivity index (χ1n) is 6.53. The second kappa shape index (κ2) is 4.09. The van der Waals surface area contributed by atoms with Gasteiger partial charge in [0.15, 0.2) is 0 Å². The van der Waals surface area contributed by atoms with Crippen LogP contribution in [0.3, 0.4) is 0 Å². The fourth-order valence-corrected chi connectivity index (χ4v) is 2.75. The zero-order chi connectivity index (χ0) is 12.7. The molecule has 1 rings (SSSR count). The topological polar surface area (TPSA) is 12.0 Å². The minimum Gasteiger partial charge on any atom is -0.387 e. The fourth-order valence-electron chi connectivity index (χ4n) is 2.75. The van der Waals surface area contributed by atoms with Gasteiger partial charge in [-0.05, 0) is 16.9 Å². The quantitative estimate of drug-likeness (QED) is 0.702. The van der Waals surface area contributed by atoms with Crippen LogP contribution in [0.15, 0.2) is 11.3 Å². The lowest BCUT2D eigenvalue weighted by atomic mass is 9.72. The lowest BCUT2D eigenvalue weighted by Crippen LogP contribution is -2.27. The summed E-state index contributed by atoms with van der Waals surface area (Å²) in [6.45, 7) is 19.8. The predicted octanol–water partition coefficient (Wildman–Crippen LogP) is 4.21. The third-order valence-corrected chi connectivity index (χ3v) is 3.56. The molecule has 0 amide bonds. The van der Waals surface area contributed by atoms with Crippen LogP contribution in [0.4, 0.5) is 0 Å². The standard InChI is InChI=1S/C15H29N/c1-10(2)12-11(14(3,4)5)9-16-13(12)15(6,7)8/h10-11,16H,9H2,1-8H3. The first-order chi connectivity index (χ1) is 7.05. The Balaban J connectivity index is 3.18. The van der Waals surface area contributed by atoms with E-state index in [1.807, 2.05) is 0 Å². The number of rotatable bonds is 1. The molecule has 0 saturated carbocycles. The van der Waals surface area contributed by atoms with Crippen LogP contribution in [0.2, 0.25) is 0 Å². The van der Waals surface area contributed by atoms with E-state index in [-0.39, 0.29) is 5.41 Å². The van der Waals surface area contributed by atoms with Crippen molar-refractivity contribution < 1.29 is 0 Å². The number of hydrogen-bond acceptors (Lipinski definition) is 1. The SMILES string of the molecule is CC(C)C1=C(C(C)(C)C)NCC1C(C)(C)C. The Morgan fingerprint density at radius 3 is 1.88 bits per heavy atom. The molecule has 1 N–H and O–H groups in total. The Bertz CT molecular complexity index is 284. The molecule has 0 aliphatic carbocycles. The van der Waals surface area contributed by atoms with Crippen LogP contribution >= 0.6 is 0 Å². The van der Waals surface area contributed by atoms with Gasteiger partial charge in [-0.2, -0.15) is 0 Å². The highest BCUT2D eigenvalue weighted by Crippen LogP contribution is 2.43. The Morgan fingerprint density at radius 1 is 1.06 bits per heavy atom. The molecule has 1 aliphatic heterocycles. The van der Waals surface area contributed by atoms with Crippen molar-refractivity contribution in [1.29, 1.82) is 0 Å². The molecule has 0 spiro atoms. The lowest BCUT2D eigenvalue weighted by Gasteiger charge is -2.31. The summed E-state index contributed by atoms with van der Waals surface area (Å²) < 4.78 is 0. The summed E-state index contributed by atoms with van der Waals surface area (Å²) in [6.07, 6.45) is 0. The molecule has 0 fully saturated rings. The predicted molar refractivity (Wildman–Crippen MR) is 72.3 cm³/mol. The second-order valence-corrected chi connectivity index (χ2v) is 7.53. The van der Waals surface area contributed by atoms with Crippen molar-refractivity contribution in [2.45, 2.75) is 55.4 Å². The molecule has 0 aromatic carbocycles. The highest BCUT2D eigenvalue weighted by molar-refractivity contribution is 5.29. The van der Waals surface area contributed by atoms with Gasteiger partial charge < -0.3 is 5.32 Å². The van der Waals surface area contributed by atoms with Gasteiger partial charge in [0.2, 0.25) is 0 Å². The van der Waals surface area contributed by atoms with Crippen LogP contribution in [0.5, 0.6) is 0 Å². The van der Waals surface area contributed by atoms with Gasteiger partial charge in [-0.3, -0.25) is 0 Å². The molecule has 0 saturated heterocycles. The van der Waals surface area contributed by atoms with E-state index in [4.69, 9.17) is 0 Å². The van der Waals surface area contributed by atoms with Crippen molar-refractivity contribution in [2.24, 2.45) is 22.7 Å². The molecular formula is C15H29N. The largest absolute Gasteiger partial charge is 0.387 e. The van der Waals surface area contributed by atoms with E-state index in [0.29, 0.717) is 17.3 Å². The molecule has 1 atom stereocenters. The molecule has 1 heteroatoms. The van der Waals surface area contributed by atoms with Gasteiger partial charge in [0, 0.05) is 23.6 Å². The maximum absolute atomic E-state index is 3.66. The third-order valence-electron chi connectivity index (χ3n) is 3.56. The Hall–Kier alpha value is -0.460. The molecule has 0 aromatic rings. The van der Waals surface area contributed by atoms with Gasteiger partial charge in [-0.15, -0.1) is 0 Å². The monoisotopic (exact) mass is 223 g/mol. The molecule has 1 aliphatic rings. The number of nitrogens with one attached hydrogen (secondary N) is 1. The summed E-state index contributed by atoms with van der Waals surface area (Å²) in [5.41, 5.74) is 3.75. The summed E-state index contributed by atoms with van der Waals surface area (Å²) in [4.78, 5) is 0. The first-order valence-corrected chi connectivity index (χ1v) is 6.53. The highest BCUT2D eigenvalue weighted by Gasteiger charge is 2.38. The van der Waals surface area contributed by atoms with Gasteiger partial charge in [-0.25, -0.2) is 0 Å². The Labute approximate surface area is 102 Å².